The topological polar surface area (TPSA) is 51.2 Å². The van der Waals surface area contributed by atoms with Crippen molar-refractivity contribution in [3.05, 3.63) is 69.7 Å². The van der Waals surface area contributed by atoms with E-state index in [1.54, 1.807) is 42.5 Å². The van der Waals surface area contributed by atoms with Gasteiger partial charge in [-0.15, -0.1) is 0 Å². The first kappa shape index (κ1) is 15.1. The molecule has 0 heterocycles. The maximum Gasteiger partial charge on any atom is 0.194 e. The second-order valence-electron chi connectivity index (χ2n) is 4.80. The second kappa shape index (κ2) is 6.02. The van der Waals surface area contributed by atoms with Gasteiger partial charge >= 0.3 is 0 Å². The average Bonchev–Trinajstić information content (AvgIpc) is 2.44. The summed E-state index contributed by atoms with van der Waals surface area (Å²) in [6, 6.07) is 11.6. The number of rotatable bonds is 0. The van der Waals surface area contributed by atoms with E-state index in [1.165, 1.54) is 13.8 Å². The zero-order valence-corrected chi connectivity index (χ0v) is 12.4. The second-order valence-corrected chi connectivity index (χ2v) is 5.24. The van der Waals surface area contributed by atoms with Crippen LogP contribution in [0.15, 0.2) is 42.5 Å². The summed E-state index contributed by atoms with van der Waals surface area (Å²) in [6.45, 7) is 3.06. The molecule has 0 unspecified atom stereocenters. The fourth-order valence-electron chi connectivity index (χ4n) is 2.07. The molecule has 2 aromatic carbocycles. The Labute approximate surface area is 127 Å². The van der Waals surface area contributed by atoms with Gasteiger partial charge in [0.1, 0.15) is 5.78 Å². The van der Waals surface area contributed by atoms with Crippen LogP contribution in [0.25, 0.3) is 0 Å². The maximum atomic E-state index is 12.2. The summed E-state index contributed by atoms with van der Waals surface area (Å²) in [7, 11) is 0. The molecule has 0 aliphatic heterocycles. The third-order valence-electron chi connectivity index (χ3n) is 2.89. The molecule has 21 heavy (non-hydrogen) atoms. The van der Waals surface area contributed by atoms with Crippen molar-refractivity contribution in [2.24, 2.45) is 0 Å². The Morgan fingerprint density at radius 2 is 1.24 bits per heavy atom. The predicted molar refractivity (Wildman–Crippen MR) is 81.1 cm³/mol. The van der Waals surface area contributed by atoms with Gasteiger partial charge < -0.3 is 4.79 Å². The Hall–Kier alpha value is -2.26. The summed E-state index contributed by atoms with van der Waals surface area (Å²) in [5, 5.41) is 0.462. The van der Waals surface area contributed by atoms with Crippen LogP contribution in [0.3, 0.4) is 0 Å². The van der Waals surface area contributed by atoms with Crippen molar-refractivity contribution in [3.8, 4) is 0 Å². The Kier molecular flexibility index (Phi) is 4.34. The molecule has 0 N–H and O–H groups in total. The van der Waals surface area contributed by atoms with Crippen molar-refractivity contribution in [1.82, 2.24) is 0 Å². The highest BCUT2D eigenvalue weighted by Gasteiger charge is 2.28. The van der Waals surface area contributed by atoms with Crippen molar-refractivity contribution >= 4 is 29.0 Å². The quantitative estimate of drug-likeness (QED) is 0.636. The lowest BCUT2D eigenvalue weighted by atomic mass is 9.84. The zero-order valence-electron chi connectivity index (χ0n) is 11.6. The van der Waals surface area contributed by atoms with E-state index in [0.29, 0.717) is 27.3 Å². The molecule has 4 heteroatoms. The molecule has 0 atom stereocenters. The van der Waals surface area contributed by atoms with Gasteiger partial charge in [-0.05, 0) is 32.0 Å². The first-order valence-corrected chi connectivity index (χ1v) is 6.74. The SMILES string of the molecule is CC(C)=O.O=C1c2ccccc2C(=O)c2cc(Cl)ccc21. The van der Waals surface area contributed by atoms with Crippen LogP contribution in [-0.4, -0.2) is 17.3 Å². The standard InChI is InChI=1S/C14H7ClO2.C3H6O/c15-8-5-6-11-12(7-8)14(17)10-4-2-1-3-9(10)13(11)16;1-3(2)4/h1-7H;1-2H3. The smallest absolute Gasteiger partial charge is 0.194 e. The third-order valence-corrected chi connectivity index (χ3v) is 3.12. The van der Waals surface area contributed by atoms with Crippen LogP contribution in [0.2, 0.25) is 5.02 Å². The fraction of sp³-hybridized carbons (Fsp3) is 0.118. The number of carbonyl (C=O) groups is 3. The summed E-state index contributed by atoms with van der Waals surface area (Å²) < 4.78 is 0. The summed E-state index contributed by atoms with van der Waals surface area (Å²) in [5.41, 5.74) is 1.74. The van der Waals surface area contributed by atoms with Gasteiger partial charge in [-0.2, -0.15) is 0 Å². The Balaban J connectivity index is 0.000000361. The van der Waals surface area contributed by atoms with Gasteiger partial charge in [-0.3, -0.25) is 9.59 Å². The van der Waals surface area contributed by atoms with Crippen LogP contribution < -0.4 is 0 Å². The highest BCUT2D eigenvalue weighted by Crippen LogP contribution is 2.28. The molecule has 3 nitrogen and oxygen atoms in total. The number of ketones is 3. The molecule has 106 valence electrons. The van der Waals surface area contributed by atoms with Gasteiger partial charge in [0, 0.05) is 27.3 Å². The van der Waals surface area contributed by atoms with Crippen LogP contribution in [-0.2, 0) is 4.79 Å². The molecule has 0 saturated carbocycles. The molecule has 0 bridgehead atoms. The van der Waals surface area contributed by atoms with E-state index in [-0.39, 0.29) is 17.3 Å². The fourth-order valence-corrected chi connectivity index (χ4v) is 2.24. The first-order chi connectivity index (χ1) is 9.91. The number of carbonyl (C=O) groups excluding carboxylic acids is 3. The minimum Gasteiger partial charge on any atom is -0.300 e. The summed E-state index contributed by atoms with van der Waals surface area (Å²) in [6.07, 6.45) is 0. The molecule has 0 radical (unpaired) electrons. The monoisotopic (exact) mass is 300 g/mol. The molecule has 0 aromatic heterocycles. The van der Waals surface area contributed by atoms with E-state index in [1.807, 2.05) is 0 Å². The van der Waals surface area contributed by atoms with E-state index in [2.05, 4.69) is 0 Å². The highest BCUT2D eigenvalue weighted by molar-refractivity contribution is 6.33. The number of Topliss-reactive ketones (excluding diaryl/α,β-unsaturated/α-hetero) is 1. The van der Waals surface area contributed by atoms with Crippen molar-refractivity contribution in [3.63, 3.8) is 0 Å². The lowest BCUT2D eigenvalue weighted by Gasteiger charge is -2.16. The van der Waals surface area contributed by atoms with Crippen molar-refractivity contribution in [1.29, 1.82) is 0 Å². The van der Waals surface area contributed by atoms with Gasteiger partial charge in [-0.25, -0.2) is 0 Å². The van der Waals surface area contributed by atoms with E-state index in [4.69, 9.17) is 11.6 Å². The van der Waals surface area contributed by atoms with Gasteiger partial charge in [0.15, 0.2) is 11.6 Å². The van der Waals surface area contributed by atoms with Crippen LogP contribution in [0.1, 0.15) is 45.7 Å². The molecule has 1 aliphatic carbocycles. The Morgan fingerprint density at radius 3 is 1.76 bits per heavy atom. The normalized spacial score (nSPS) is 12.0. The molecule has 2 aromatic rings. The Morgan fingerprint density at radius 1 is 0.810 bits per heavy atom. The van der Waals surface area contributed by atoms with Crippen molar-refractivity contribution < 1.29 is 14.4 Å². The Bertz CT molecular complexity index is 743. The van der Waals surface area contributed by atoms with E-state index in [9.17, 15) is 14.4 Å². The molecular formula is C17H13ClO3. The maximum absolute atomic E-state index is 12.2. The molecular weight excluding hydrogens is 288 g/mol. The molecule has 0 spiro atoms. The molecule has 1 aliphatic rings. The van der Waals surface area contributed by atoms with E-state index in [0.717, 1.165) is 0 Å². The molecule has 0 saturated heterocycles. The summed E-state index contributed by atoms with van der Waals surface area (Å²) >= 11 is 5.85. The summed E-state index contributed by atoms with van der Waals surface area (Å²) in [5.74, 6) is -0.0930. The molecule has 0 amide bonds. The van der Waals surface area contributed by atoms with Gasteiger partial charge in [0.05, 0.1) is 0 Å². The molecule has 0 fully saturated rings. The third kappa shape index (κ3) is 3.09. The first-order valence-electron chi connectivity index (χ1n) is 6.37. The zero-order chi connectivity index (χ0) is 15.6. The number of hydrogen-bond donors (Lipinski definition) is 0. The van der Waals surface area contributed by atoms with Gasteiger partial charge in [0.25, 0.3) is 0 Å². The number of fused-ring (bicyclic) bond motifs is 2. The summed E-state index contributed by atoms with van der Waals surface area (Å²) in [4.78, 5) is 33.8. The van der Waals surface area contributed by atoms with Crippen LogP contribution in [0.5, 0.6) is 0 Å². The lowest BCUT2D eigenvalue weighted by molar-refractivity contribution is -0.115. The number of hydrogen-bond acceptors (Lipinski definition) is 3. The van der Waals surface area contributed by atoms with Gasteiger partial charge in [0.2, 0.25) is 0 Å². The van der Waals surface area contributed by atoms with E-state index >= 15 is 0 Å². The minimum absolute atomic E-state index is 0.119. The van der Waals surface area contributed by atoms with Crippen molar-refractivity contribution in [2.45, 2.75) is 13.8 Å². The average molecular weight is 301 g/mol. The van der Waals surface area contributed by atoms with Crippen LogP contribution in [0, 0.1) is 0 Å². The van der Waals surface area contributed by atoms with Crippen LogP contribution in [0.4, 0.5) is 0 Å². The van der Waals surface area contributed by atoms with Crippen molar-refractivity contribution in [2.75, 3.05) is 0 Å². The van der Waals surface area contributed by atoms with E-state index < -0.39 is 0 Å². The largest absolute Gasteiger partial charge is 0.300 e. The predicted octanol–water partition coefficient (Wildman–Crippen LogP) is 3.71. The lowest BCUT2D eigenvalue weighted by Crippen LogP contribution is -2.20. The number of halogens is 1. The minimum atomic E-state index is -0.141. The van der Waals surface area contributed by atoms with Gasteiger partial charge in [-0.1, -0.05) is 35.9 Å². The molecule has 3 rings (SSSR count). The van der Waals surface area contributed by atoms with Crippen LogP contribution >= 0.6 is 11.6 Å². The highest BCUT2D eigenvalue weighted by atomic mass is 35.5. The number of benzene rings is 2.